The third-order valence-corrected chi connectivity index (χ3v) is 1.78. The predicted octanol–water partition coefficient (Wildman–Crippen LogP) is 0.299. The SMILES string of the molecule is C=C(C)C(=O)NCOCC1COC1. The molecule has 0 aromatic rings. The van der Waals surface area contributed by atoms with E-state index >= 15 is 0 Å². The van der Waals surface area contributed by atoms with E-state index in [9.17, 15) is 4.79 Å². The van der Waals surface area contributed by atoms with E-state index in [2.05, 4.69) is 11.9 Å². The lowest BCUT2D eigenvalue weighted by Crippen LogP contribution is -2.34. The van der Waals surface area contributed by atoms with E-state index in [0.717, 1.165) is 13.2 Å². The van der Waals surface area contributed by atoms with Gasteiger partial charge in [-0.3, -0.25) is 4.79 Å². The zero-order chi connectivity index (χ0) is 9.68. The normalized spacial score (nSPS) is 16.4. The zero-order valence-electron chi connectivity index (χ0n) is 7.84. The van der Waals surface area contributed by atoms with E-state index in [1.807, 2.05) is 0 Å². The molecule has 1 aliphatic heterocycles. The van der Waals surface area contributed by atoms with E-state index in [4.69, 9.17) is 9.47 Å². The van der Waals surface area contributed by atoms with Crippen molar-refractivity contribution in [3.8, 4) is 0 Å². The van der Waals surface area contributed by atoms with E-state index < -0.39 is 0 Å². The van der Waals surface area contributed by atoms with Gasteiger partial charge in [-0.15, -0.1) is 0 Å². The highest BCUT2D eigenvalue weighted by atomic mass is 16.5. The van der Waals surface area contributed by atoms with E-state index in [0.29, 0.717) is 18.1 Å². The third kappa shape index (κ3) is 3.57. The molecule has 4 nitrogen and oxygen atoms in total. The van der Waals surface area contributed by atoms with E-state index in [1.165, 1.54) is 0 Å². The number of nitrogens with one attached hydrogen (secondary N) is 1. The van der Waals surface area contributed by atoms with Crippen LogP contribution in [-0.2, 0) is 14.3 Å². The molecule has 0 unspecified atom stereocenters. The van der Waals surface area contributed by atoms with Gasteiger partial charge in [0.15, 0.2) is 0 Å². The highest BCUT2D eigenvalue weighted by Crippen LogP contribution is 2.09. The number of carbonyl (C=O) groups excluding carboxylic acids is 1. The molecule has 1 saturated heterocycles. The molecule has 1 aliphatic rings. The lowest BCUT2D eigenvalue weighted by Gasteiger charge is -2.25. The molecular weight excluding hydrogens is 170 g/mol. The molecule has 0 aromatic heterocycles. The second-order valence-electron chi connectivity index (χ2n) is 3.20. The number of ether oxygens (including phenoxy) is 2. The molecule has 0 spiro atoms. The summed E-state index contributed by atoms with van der Waals surface area (Å²) in [6.07, 6.45) is 0. The average molecular weight is 185 g/mol. The molecule has 0 atom stereocenters. The molecule has 1 heterocycles. The molecule has 1 amide bonds. The Morgan fingerprint density at radius 2 is 2.38 bits per heavy atom. The molecule has 1 rings (SSSR count). The van der Waals surface area contributed by atoms with Gasteiger partial charge in [-0.1, -0.05) is 6.58 Å². The van der Waals surface area contributed by atoms with Gasteiger partial charge in [0.25, 0.3) is 0 Å². The minimum Gasteiger partial charge on any atom is -0.381 e. The summed E-state index contributed by atoms with van der Waals surface area (Å²) in [5.41, 5.74) is 0.496. The smallest absolute Gasteiger partial charge is 0.248 e. The van der Waals surface area contributed by atoms with Crippen molar-refractivity contribution in [2.24, 2.45) is 5.92 Å². The second-order valence-corrected chi connectivity index (χ2v) is 3.20. The summed E-state index contributed by atoms with van der Waals surface area (Å²) < 4.78 is 10.2. The Morgan fingerprint density at radius 3 is 2.85 bits per heavy atom. The molecule has 0 aliphatic carbocycles. The highest BCUT2D eigenvalue weighted by Gasteiger charge is 2.17. The van der Waals surface area contributed by atoms with Crippen LogP contribution in [0.5, 0.6) is 0 Å². The first-order valence-electron chi connectivity index (χ1n) is 4.29. The van der Waals surface area contributed by atoms with Crippen molar-refractivity contribution >= 4 is 5.91 Å². The number of hydrogen-bond donors (Lipinski definition) is 1. The maximum atomic E-state index is 11.0. The lowest BCUT2D eigenvalue weighted by molar-refractivity contribution is -0.120. The summed E-state index contributed by atoms with van der Waals surface area (Å²) in [5, 5.41) is 2.58. The summed E-state index contributed by atoms with van der Waals surface area (Å²) in [6.45, 7) is 7.62. The van der Waals surface area contributed by atoms with Crippen LogP contribution in [0.3, 0.4) is 0 Å². The molecule has 0 bridgehead atoms. The number of hydrogen-bond acceptors (Lipinski definition) is 3. The number of amides is 1. The first kappa shape index (κ1) is 10.2. The van der Waals surface area contributed by atoms with Crippen molar-refractivity contribution in [2.45, 2.75) is 6.92 Å². The summed E-state index contributed by atoms with van der Waals surface area (Å²) in [5.74, 6) is 0.339. The second kappa shape index (κ2) is 4.99. The fourth-order valence-electron chi connectivity index (χ4n) is 0.874. The van der Waals surface area contributed by atoms with Gasteiger partial charge < -0.3 is 14.8 Å². The van der Waals surface area contributed by atoms with Gasteiger partial charge >= 0.3 is 0 Å². The van der Waals surface area contributed by atoms with Crippen LogP contribution in [0.25, 0.3) is 0 Å². The van der Waals surface area contributed by atoms with Crippen molar-refractivity contribution in [3.05, 3.63) is 12.2 Å². The Labute approximate surface area is 77.9 Å². The fourth-order valence-corrected chi connectivity index (χ4v) is 0.874. The molecule has 0 radical (unpaired) electrons. The molecule has 4 heteroatoms. The maximum Gasteiger partial charge on any atom is 0.248 e. The Morgan fingerprint density at radius 1 is 1.69 bits per heavy atom. The summed E-state index contributed by atoms with van der Waals surface area (Å²) in [7, 11) is 0. The van der Waals surface area contributed by atoms with Gasteiger partial charge in [0, 0.05) is 11.5 Å². The van der Waals surface area contributed by atoms with Crippen LogP contribution in [0, 0.1) is 5.92 Å². The van der Waals surface area contributed by atoms with Gasteiger partial charge in [-0.25, -0.2) is 0 Å². The highest BCUT2D eigenvalue weighted by molar-refractivity contribution is 5.91. The van der Waals surface area contributed by atoms with Gasteiger partial charge in [0.05, 0.1) is 19.8 Å². The van der Waals surface area contributed by atoms with Crippen molar-refractivity contribution in [1.82, 2.24) is 5.32 Å². The first-order valence-corrected chi connectivity index (χ1v) is 4.29. The molecule has 1 N–H and O–H groups in total. The van der Waals surface area contributed by atoms with Crippen LogP contribution < -0.4 is 5.32 Å². The number of carbonyl (C=O) groups is 1. The van der Waals surface area contributed by atoms with Crippen molar-refractivity contribution in [1.29, 1.82) is 0 Å². The van der Waals surface area contributed by atoms with E-state index in [-0.39, 0.29) is 12.6 Å². The van der Waals surface area contributed by atoms with Crippen LogP contribution in [0.15, 0.2) is 12.2 Å². The van der Waals surface area contributed by atoms with Gasteiger partial charge in [0.1, 0.15) is 6.73 Å². The number of rotatable bonds is 5. The summed E-state index contributed by atoms with van der Waals surface area (Å²) in [6, 6.07) is 0. The van der Waals surface area contributed by atoms with Crippen molar-refractivity contribution in [2.75, 3.05) is 26.6 Å². The largest absolute Gasteiger partial charge is 0.381 e. The van der Waals surface area contributed by atoms with Gasteiger partial charge in [-0.2, -0.15) is 0 Å². The summed E-state index contributed by atoms with van der Waals surface area (Å²) >= 11 is 0. The third-order valence-electron chi connectivity index (χ3n) is 1.78. The minimum absolute atomic E-state index is 0.162. The Kier molecular flexibility index (Phi) is 3.92. The quantitative estimate of drug-likeness (QED) is 0.380. The Balaban J connectivity index is 1.94. The average Bonchev–Trinajstić information content (AvgIpc) is 2.00. The van der Waals surface area contributed by atoms with Crippen molar-refractivity contribution in [3.63, 3.8) is 0 Å². The molecule has 13 heavy (non-hydrogen) atoms. The predicted molar refractivity (Wildman–Crippen MR) is 48.1 cm³/mol. The van der Waals surface area contributed by atoms with Crippen LogP contribution in [-0.4, -0.2) is 32.5 Å². The van der Waals surface area contributed by atoms with Crippen molar-refractivity contribution < 1.29 is 14.3 Å². The van der Waals surface area contributed by atoms with Crippen LogP contribution >= 0.6 is 0 Å². The van der Waals surface area contributed by atoms with Crippen LogP contribution in [0.4, 0.5) is 0 Å². The van der Waals surface area contributed by atoms with Crippen LogP contribution in [0.2, 0.25) is 0 Å². The molecule has 1 fully saturated rings. The molecule has 0 saturated carbocycles. The molecule has 0 aromatic carbocycles. The van der Waals surface area contributed by atoms with Gasteiger partial charge in [-0.05, 0) is 6.92 Å². The van der Waals surface area contributed by atoms with E-state index in [1.54, 1.807) is 6.92 Å². The summed E-state index contributed by atoms with van der Waals surface area (Å²) in [4.78, 5) is 11.0. The lowest BCUT2D eigenvalue weighted by atomic mass is 10.1. The molecule has 74 valence electrons. The standard InChI is InChI=1S/C9H15NO3/c1-7(2)9(11)10-6-13-5-8-3-12-4-8/h8H,1,3-6H2,2H3,(H,10,11). The van der Waals surface area contributed by atoms with Crippen LogP contribution in [0.1, 0.15) is 6.92 Å². The fraction of sp³-hybridized carbons (Fsp3) is 0.667. The zero-order valence-corrected chi connectivity index (χ0v) is 7.84. The maximum absolute atomic E-state index is 11.0. The monoisotopic (exact) mass is 185 g/mol. The van der Waals surface area contributed by atoms with Gasteiger partial charge in [0.2, 0.25) is 5.91 Å². The minimum atomic E-state index is -0.162. The first-order chi connectivity index (χ1) is 6.20. The topological polar surface area (TPSA) is 47.6 Å². The Bertz CT molecular complexity index is 199. The Hall–Kier alpha value is -0.870. The molecular formula is C9H15NO3.